The van der Waals surface area contributed by atoms with Crippen molar-refractivity contribution >= 4 is 29.4 Å². The zero-order valence-corrected chi connectivity index (χ0v) is 23.6. The van der Waals surface area contributed by atoms with Crippen LogP contribution in [0.5, 0.6) is 0 Å². The van der Waals surface area contributed by atoms with E-state index in [1.807, 2.05) is 32.1 Å². The van der Waals surface area contributed by atoms with E-state index in [4.69, 9.17) is 16.6 Å². The summed E-state index contributed by atoms with van der Waals surface area (Å²) in [6.45, 7) is 14.6. The van der Waals surface area contributed by atoms with E-state index in [0.29, 0.717) is 41.9 Å². The van der Waals surface area contributed by atoms with Crippen molar-refractivity contribution in [1.82, 2.24) is 15.6 Å². The predicted molar refractivity (Wildman–Crippen MR) is 155 cm³/mol. The molecule has 0 saturated heterocycles. The molecule has 1 unspecified atom stereocenters. The van der Waals surface area contributed by atoms with Gasteiger partial charge in [-0.25, -0.2) is 4.99 Å². The lowest BCUT2D eigenvalue weighted by atomic mass is 9.98. The number of hydrogen-bond acceptors (Lipinski definition) is 5. The molecule has 1 aromatic rings. The summed E-state index contributed by atoms with van der Waals surface area (Å²) in [5.74, 6) is 1.52. The SMILES string of the molecule is CCCN/C(=C/C(C)C)N=C(C)CCNC(=O)c1ccnc(CC(/C=C/C=C(/Cl)C=NCC)CC)c1. The summed E-state index contributed by atoms with van der Waals surface area (Å²) in [5, 5.41) is 6.98. The van der Waals surface area contributed by atoms with E-state index in [9.17, 15) is 4.79 Å². The van der Waals surface area contributed by atoms with Crippen LogP contribution in [0.3, 0.4) is 0 Å². The van der Waals surface area contributed by atoms with Gasteiger partial charge in [0.25, 0.3) is 5.91 Å². The topological polar surface area (TPSA) is 78.7 Å². The van der Waals surface area contributed by atoms with Crippen LogP contribution in [-0.4, -0.2) is 42.5 Å². The summed E-state index contributed by atoms with van der Waals surface area (Å²) in [6, 6.07) is 3.63. The maximum Gasteiger partial charge on any atom is 0.251 e. The van der Waals surface area contributed by atoms with Crippen LogP contribution < -0.4 is 10.6 Å². The molecule has 1 heterocycles. The highest BCUT2D eigenvalue weighted by atomic mass is 35.5. The summed E-state index contributed by atoms with van der Waals surface area (Å²) < 4.78 is 0. The van der Waals surface area contributed by atoms with E-state index in [1.54, 1.807) is 18.5 Å². The van der Waals surface area contributed by atoms with Gasteiger partial charge in [-0.1, -0.05) is 51.4 Å². The number of aromatic nitrogens is 1. The average molecular weight is 514 g/mol. The second kappa shape index (κ2) is 18.5. The Kier molecular flexibility index (Phi) is 16.1. The van der Waals surface area contributed by atoms with Crippen LogP contribution in [0, 0.1) is 11.8 Å². The molecule has 0 aromatic carbocycles. The lowest BCUT2D eigenvalue weighted by molar-refractivity contribution is 0.0954. The van der Waals surface area contributed by atoms with Crippen LogP contribution in [0.2, 0.25) is 0 Å². The van der Waals surface area contributed by atoms with Crippen LogP contribution in [-0.2, 0) is 6.42 Å². The van der Waals surface area contributed by atoms with Crippen molar-refractivity contribution in [3.8, 4) is 0 Å². The summed E-state index contributed by atoms with van der Waals surface area (Å²) in [7, 11) is 0. The van der Waals surface area contributed by atoms with Gasteiger partial charge in [-0.2, -0.15) is 0 Å². The van der Waals surface area contributed by atoms with Gasteiger partial charge >= 0.3 is 0 Å². The summed E-state index contributed by atoms with van der Waals surface area (Å²) >= 11 is 6.12. The van der Waals surface area contributed by atoms with Gasteiger partial charge in [0.15, 0.2) is 0 Å². The van der Waals surface area contributed by atoms with E-state index >= 15 is 0 Å². The van der Waals surface area contributed by atoms with Gasteiger partial charge in [-0.3, -0.25) is 14.8 Å². The molecule has 6 nitrogen and oxygen atoms in total. The predicted octanol–water partition coefficient (Wildman–Crippen LogP) is 6.50. The number of nitrogens with zero attached hydrogens (tertiary/aromatic N) is 3. The van der Waals surface area contributed by atoms with Gasteiger partial charge in [0, 0.05) is 55.4 Å². The normalized spacial score (nSPS) is 14.2. The Morgan fingerprint density at radius 1 is 1.19 bits per heavy atom. The fraction of sp³-hybridized carbons (Fsp3) is 0.517. The molecule has 0 spiro atoms. The summed E-state index contributed by atoms with van der Waals surface area (Å²) in [5.41, 5.74) is 2.50. The van der Waals surface area contributed by atoms with Crippen LogP contribution in [0.4, 0.5) is 0 Å². The van der Waals surface area contributed by atoms with E-state index in [2.05, 4.69) is 60.5 Å². The highest BCUT2D eigenvalue weighted by Crippen LogP contribution is 2.14. The fourth-order valence-electron chi connectivity index (χ4n) is 3.30. The highest BCUT2D eigenvalue weighted by Gasteiger charge is 2.10. The van der Waals surface area contributed by atoms with E-state index in [-0.39, 0.29) is 5.91 Å². The third kappa shape index (κ3) is 14.0. The number of aliphatic imine (C=N–C) groups is 2. The molecule has 0 fully saturated rings. The number of carbonyl (C=O) groups is 1. The lowest BCUT2D eigenvalue weighted by Crippen LogP contribution is -2.26. The maximum atomic E-state index is 12.7. The van der Waals surface area contributed by atoms with Crippen molar-refractivity contribution in [2.24, 2.45) is 21.8 Å². The van der Waals surface area contributed by atoms with Crippen molar-refractivity contribution in [1.29, 1.82) is 0 Å². The number of amides is 1. The minimum absolute atomic E-state index is 0.0954. The molecule has 198 valence electrons. The molecule has 1 amide bonds. The maximum absolute atomic E-state index is 12.7. The van der Waals surface area contributed by atoms with Crippen molar-refractivity contribution in [2.45, 2.75) is 67.2 Å². The molecule has 0 saturated carbocycles. The van der Waals surface area contributed by atoms with Gasteiger partial charge < -0.3 is 10.6 Å². The number of carbonyl (C=O) groups excluding carboxylic acids is 1. The Hall–Kier alpha value is -2.73. The Balaban J connectivity index is 2.69. The van der Waals surface area contributed by atoms with Crippen LogP contribution in [0.15, 0.2) is 63.5 Å². The largest absolute Gasteiger partial charge is 0.370 e. The zero-order chi connectivity index (χ0) is 26.8. The molecule has 1 atom stereocenters. The van der Waals surface area contributed by atoms with E-state index < -0.39 is 0 Å². The number of hydrogen-bond donors (Lipinski definition) is 2. The van der Waals surface area contributed by atoms with Crippen molar-refractivity contribution in [3.05, 3.63) is 64.7 Å². The Bertz CT molecular complexity index is 947. The number of allylic oxidation sites excluding steroid dienone is 5. The van der Waals surface area contributed by atoms with Gasteiger partial charge in [0.05, 0.1) is 5.03 Å². The first-order chi connectivity index (χ1) is 17.3. The van der Waals surface area contributed by atoms with Gasteiger partial charge in [0.1, 0.15) is 5.82 Å². The molecule has 1 rings (SSSR count). The molecule has 2 N–H and O–H groups in total. The zero-order valence-electron chi connectivity index (χ0n) is 22.9. The molecule has 0 radical (unpaired) electrons. The second-order valence-corrected chi connectivity index (χ2v) is 9.48. The molecule has 0 aliphatic heterocycles. The van der Waals surface area contributed by atoms with Gasteiger partial charge in [0.2, 0.25) is 0 Å². The molecule has 0 aliphatic carbocycles. The van der Waals surface area contributed by atoms with E-state index in [1.165, 1.54) is 0 Å². The fourth-order valence-corrected chi connectivity index (χ4v) is 3.44. The van der Waals surface area contributed by atoms with E-state index in [0.717, 1.165) is 43.0 Å². The third-order valence-corrected chi connectivity index (χ3v) is 5.46. The van der Waals surface area contributed by atoms with Gasteiger partial charge in [-0.05, 0) is 69.2 Å². The number of pyridine rings is 1. The summed E-state index contributed by atoms with van der Waals surface area (Å²) in [6.07, 6.45) is 14.9. The number of nitrogens with one attached hydrogen (secondary N) is 2. The highest BCUT2D eigenvalue weighted by molar-refractivity contribution is 6.39. The minimum Gasteiger partial charge on any atom is -0.370 e. The minimum atomic E-state index is -0.0954. The van der Waals surface area contributed by atoms with Crippen LogP contribution >= 0.6 is 11.6 Å². The van der Waals surface area contributed by atoms with Crippen LogP contribution in [0.1, 0.15) is 76.9 Å². The molecular weight excluding hydrogens is 470 g/mol. The quantitative estimate of drug-likeness (QED) is 0.195. The van der Waals surface area contributed by atoms with Gasteiger partial charge in [-0.15, -0.1) is 0 Å². The third-order valence-electron chi connectivity index (χ3n) is 5.24. The Labute approximate surface area is 223 Å². The lowest BCUT2D eigenvalue weighted by Gasteiger charge is -2.11. The average Bonchev–Trinajstić information content (AvgIpc) is 2.85. The molecule has 36 heavy (non-hydrogen) atoms. The summed E-state index contributed by atoms with van der Waals surface area (Å²) in [4.78, 5) is 26.0. The molecule has 0 aliphatic rings. The first kappa shape index (κ1) is 31.3. The van der Waals surface area contributed by atoms with Crippen LogP contribution in [0.25, 0.3) is 0 Å². The monoisotopic (exact) mass is 513 g/mol. The number of halogens is 1. The first-order valence-corrected chi connectivity index (χ1v) is 13.4. The molecule has 1 aromatic heterocycles. The number of rotatable bonds is 16. The molecular formula is C29H44ClN5O. The van der Waals surface area contributed by atoms with Crippen molar-refractivity contribution < 1.29 is 4.79 Å². The standard InChI is InChI=1S/C29H44ClN5O/c1-7-15-33-28(18-22(4)5)35-23(6)13-16-34-29(36)25-14-17-32-27(20-25)19-24(8-2)11-10-12-26(30)21-31-9-3/h10-12,14,17-18,20-22,24,33H,7-9,13,15-16,19H2,1-6H3,(H,34,36)/b11-10+,26-12+,28-18-,31-21?,35-23?. The smallest absolute Gasteiger partial charge is 0.251 e. The molecule has 7 heteroatoms. The van der Waals surface area contributed by atoms with Crippen molar-refractivity contribution in [2.75, 3.05) is 19.6 Å². The second-order valence-electron chi connectivity index (χ2n) is 9.05. The van der Waals surface area contributed by atoms with Crippen molar-refractivity contribution in [3.63, 3.8) is 0 Å². The molecule has 0 bridgehead atoms. The Morgan fingerprint density at radius 3 is 2.64 bits per heavy atom. The first-order valence-electron chi connectivity index (χ1n) is 13.1. The Morgan fingerprint density at radius 2 is 1.97 bits per heavy atom.